The number of carbonyl (C=O) groups is 1. The number of carbonyl (C=O) groups excluding carboxylic acids is 1. The summed E-state index contributed by atoms with van der Waals surface area (Å²) in [7, 11) is -3.64. The Hall–Kier alpha value is -3.40. The molecule has 4 aromatic rings. The minimum Gasteiger partial charge on any atom is -0.267 e. The summed E-state index contributed by atoms with van der Waals surface area (Å²) in [5, 5.41) is 6.22. The largest absolute Gasteiger partial charge is 0.280 e. The number of fused-ring (bicyclic) bond motifs is 1. The number of benzene rings is 3. The molecule has 1 aliphatic heterocycles. The second-order valence-corrected chi connectivity index (χ2v) is 13.0. The molecule has 1 amide bonds. The molecule has 9 heteroatoms. The summed E-state index contributed by atoms with van der Waals surface area (Å²) in [4.78, 5) is 18.5. The molecule has 38 heavy (non-hydrogen) atoms. The number of nitrogens with zero attached hydrogens (tertiary/aromatic N) is 4. The third-order valence-electron chi connectivity index (χ3n) is 6.60. The first kappa shape index (κ1) is 26.2. The highest BCUT2D eigenvalue weighted by Gasteiger charge is 2.32. The molecule has 0 spiro atoms. The van der Waals surface area contributed by atoms with Crippen molar-refractivity contribution in [3.8, 4) is 0 Å². The maximum atomic E-state index is 13.7. The smallest absolute Gasteiger partial charge is 0.267 e. The van der Waals surface area contributed by atoms with Gasteiger partial charge >= 0.3 is 0 Å². The molecule has 1 aliphatic rings. The number of amides is 1. The lowest BCUT2D eigenvalue weighted by Crippen LogP contribution is -2.42. The van der Waals surface area contributed by atoms with Gasteiger partial charge in [0.25, 0.3) is 5.91 Å². The van der Waals surface area contributed by atoms with E-state index in [2.05, 4.69) is 23.9 Å². The van der Waals surface area contributed by atoms with Crippen LogP contribution in [-0.4, -0.2) is 42.9 Å². The van der Waals surface area contributed by atoms with Gasteiger partial charge < -0.3 is 0 Å². The van der Waals surface area contributed by atoms with Crippen LogP contribution in [0.1, 0.15) is 41.8 Å². The number of hydrogen-bond donors (Lipinski definition) is 0. The van der Waals surface area contributed by atoms with Crippen molar-refractivity contribution in [2.24, 2.45) is 16.9 Å². The monoisotopic (exact) mass is 546 g/mol. The molecule has 3 aromatic carbocycles. The normalized spacial score (nSPS) is 18.7. The van der Waals surface area contributed by atoms with Crippen LogP contribution < -0.4 is 5.01 Å². The number of piperidine rings is 1. The Morgan fingerprint density at radius 2 is 1.71 bits per heavy atom. The van der Waals surface area contributed by atoms with Crippen molar-refractivity contribution >= 4 is 48.8 Å². The standard InChI is InChI=1S/C29H30N4O3S2/c1-20-9-14-26-27(16-20)37-29(31-26)33(30-17-23-7-5-4-6-8-23)28(34)24-10-12-25(13-11-24)38(35,36)32-18-21(2)15-22(3)19-32/h4-14,16-17,21-22H,15,18-19H2,1-3H3/b30-17+. The van der Waals surface area contributed by atoms with Crippen LogP contribution in [0.4, 0.5) is 5.13 Å². The number of aryl methyl sites for hydroxylation is 1. The summed E-state index contributed by atoms with van der Waals surface area (Å²) >= 11 is 1.38. The molecule has 1 fully saturated rings. The number of thiazole rings is 1. The molecule has 2 heterocycles. The molecule has 0 bridgehead atoms. The third-order valence-corrected chi connectivity index (χ3v) is 9.44. The van der Waals surface area contributed by atoms with Crippen molar-refractivity contribution in [2.75, 3.05) is 18.1 Å². The second kappa shape index (κ2) is 10.8. The topological polar surface area (TPSA) is 82.9 Å². The molecule has 7 nitrogen and oxygen atoms in total. The first-order valence-corrected chi connectivity index (χ1v) is 14.9. The third kappa shape index (κ3) is 5.55. The van der Waals surface area contributed by atoms with Gasteiger partial charge in [0.1, 0.15) is 0 Å². The van der Waals surface area contributed by atoms with E-state index in [4.69, 9.17) is 0 Å². The van der Waals surface area contributed by atoms with Gasteiger partial charge in [0.15, 0.2) is 0 Å². The number of rotatable bonds is 6. The van der Waals surface area contributed by atoms with Crippen LogP contribution in [0.2, 0.25) is 0 Å². The maximum Gasteiger partial charge on any atom is 0.280 e. The van der Waals surface area contributed by atoms with E-state index in [1.165, 1.54) is 28.5 Å². The quantitative estimate of drug-likeness (QED) is 0.221. The van der Waals surface area contributed by atoms with Gasteiger partial charge in [-0.1, -0.05) is 61.6 Å². The highest BCUT2D eigenvalue weighted by molar-refractivity contribution is 7.89. The predicted molar refractivity (Wildman–Crippen MR) is 153 cm³/mol. The molecule has 5 rings (SSSR count). The van der Waals surface area contributed by atoms with Gasteiger partial charge in [-0.15, -0.1) is 0 Å². The Morgan fingerprint density at radius 3 is 2.39 bits per heavy atom. The van der Waals surface area contributed by atoms with E-state index in [9.17, 15) is 13.2 Å². The van der Waals surface area contributed by atoms with Crippen molar-refractivity contribution in [1.82, 2.24) is 9.29 Å². The Labute approximate surface area is 227 Å². The molecular weight excluding hydrogens is 516 g/mol. The van der Waals surface area contributed by atoms with Crippen LogP contribution in [0.25, 0.3) is 10.2 Å². The number of sulfonamides is 1. The fourth-order valence-corrected chi connectivity index (χ4v) is 7.51. The lowest BCUT2D eigenvalue weighted by Gasteiger charge is -2.34. The summed E-state index contributed by atoms with van der Waals surface area (Å²) in [5.41, 5.74) is 3.06. The Bertz CT molecular complexity index is 1570. The van der Waals surface area contributed by atoms with E-state index in [1.807, 2.05) is 55.5 Å². The van der Waals surface area contributed by atoms with Crippen LogP contribution in [0.15, 0.2) is 82.8 Å². The summed E-state index contributed by atoms with van der Waals surface area (Å²) < 4.78 is 29.1. The maximum absolute atomic E-state index is 13.7. The number of hydrazone groups is 1. The molecule has 0 saturated carbocycles. The summed E-state index contributed by atoms with van der Waals surface area (Å²) in [5.74, 6) is 0.225. The van der Waals surface area contributed by atoms with E-state index in [0.29, 0.717) is 35.6 Å². The fourth-order valence-electron chi connectivity index (χ4n) is 4.81. The van der Waals surface area contributed by atoms with Crippen LogP contribution in [0.5, 0.6) is 0 Å². The SMILES string of the molecule is Cc1ccc2nc(N(/N=C/c3ccccc3)C(=O)c3ccc(S(=O)(=O)N4CC(C)CC(C)C4)cc3)sc2c1. The zero-order valence-electron chi connectivity index (χ0n) is 21.6. The average Bonchev–Trinajstić information content (AvgIpc) is 3.31. The first-order chi connectivity index (χ1) is 18.2. The predicted octanol–water partition coefficient (Wildman–Crippen LogP) is 5.95. The summed E-state index contributed by atoms with van der Waals surface area (Å²) in [6, 6.07) is 21.6. The Morgan fingerprint density at radius 1 is 1.03 bits per heavy atom. The van der Waals surface area contributed by atoms with Crippen LogP contribution in [0.3, 0.4) is 0 Å². The van der Waals surface area contributed by atoms with Crippen molar-refractivity contribution in [3.05, 3.63) is 89.5 Å². The van der Waals surface area contributed by atoms with Gasteiger partial charge in [0.05, 0.1) is 21.3 Å². The van der Waals surface area contributed by atoms with Crippen LogP contribution in [0, 0.1) is 18.8 Å². The molecule has 1 aromatic heterocycles. The van der Waals surface area contributed by atoms with Gasteiger partial charge in [-0.2, -0.15) is 14.4 Å². The summed E-state index contributed by atoms with van der Waals surface area (Å²) in [6.07, 6.45) is 2.64. The van der Waals surface area contributed by atoms with E-state index in [0.717, 1.165) is 27.8 Å². The van der Waals surface area contributed by atoms with E-state index < -0.39 is 15.9 Å². The van der Waals surface area contributed by atoms with Crippen molar-refractivity contribution in [1.29, 1.82) is 0 Å². The molecule has 2 unspecified atom stereocenters. The second-order valence-electron chi connectivity index (χ2n) is 10.0. The van der Waals surface area contributed by atoms with Crippen LogP contribution in [-0.2, 0) is 10.0 Å². The first-order valence-electron chi connectivity index (χ1n) is 12.6. The minimum absolute atomic E-state index is 0.185. The Balaban J connectivity index is 1.46. The van der Waals surface area contributed by atoms with Crippen molar-refractivity contribution < 1.29 is 13.2 Å². The highest BCUT2D eigenvalue weighted by atomic mass is 32.2. The van der Waals surface area contributed by atoms with Gasteiger partial charge in [0, 0.05) is 18.7 Å². The van der Waals surface area contributed by atoms with Crippen LogP contribution >= 0.6 is 11.3 Å². The number of aromatic nitrogens is 1. The lowest BCUT2D eigenvalue weighted by atomic mass is 9.94. The van der Waals surface area contributed by atoms with Gasteiger partial charge in [-0.3, -0.25) is 4.79 Å². The number of hydrogen-bond acceptors (Lipinski definition) is 6. The van der Waals surface area contributed by atoms with Gasteiger partial charge in [-0.25, -0.2) is 13.4 Å². The molecule has 2 atom stereocenters. The van der Waals surface area contributed by atoms with Gasteiger partial charge in [0.2, 0.25) is 15.2 Å². The Kier molecular flexibility index (Phi) is 7.43. The highest BCUT2D eigenvalue weighted by Crippen LogP contribution is 2.31. The van der Waals surface area contributed by atoms with E-state index in [1.54, 1.807) is 22.7 Å². The molecule has 0 aliphatic carbocycles. The fraction of sp³-hybridized carbons (Fsp3) is 0.276. The van der Waals surface area contributed by atoms with Gasteiger partial charge in [-0.05, 0) is 72.7 Å². The molecule has 196 valence electrons. The molecule has 0 N–H and O–H groups in total. The van der Waals surface area contributed by atoms with E-state index >= 15 is 0 Å². The molecule has 0 radical (unpaired) electrons. The summed E-state index contributed by atoms with van der Waals surface area (Å²) in [6.45, 7) is 7.18. The van der Waals surface area contributed by atoms with Crippen molar-refractivity contribution in [2.45, 2.75) is 32.1 Å². The van der Waals surface area contributed by atoms with E-state index in [-0.39, 0.29) is 4.90 Å². The lowest BCUT2D eigenvalue weighted by molar-refractivity contribution is 0.0987. The molecular formula is C29H30N4O3S2. The zero-order valence-corrected chi connectivity index (χ0v) is 23.2. The minimum atomic E-state index is -3.64. The number of anilines is 1. The average molecular weight is 547 g/mol. The molecule has 1 saturated heterocycles. The zero-order chi connectivity index (χ0) is 26.9. The van der Waals surface area contributed by atoms with Crippen molar-refractivity contribution in [3.63, 3.8) is 0 Å².